The van der Waals surface area contributed by atoms with Gasteiger partial charge in [0.1, 0.15) is 14.3 Å². The molecule has 0 aliphatic carbocycles. The van der Waals surface area contributed by atoms with E-state index in [-0.39, 0.29) is 0 Å². The molecule has 0 fully saturated rings. The quantitative estimate of drug-likeness (QED) is 0.365. The van der Waals surface area contributed by atoms with Crippen LogP contribution in [0.1, 0.15) is 52.9 Å². The van der Waals surface area contributed by atoms with E-state index in [0.29, 0.717) is 12.3 Å². The molecule has 0 radical (unpaired) electrons. The first kappa shape index (κ1) is 24.7. The van der Waals surface area contributed by atoms with E-state index in [1.165, 1.54) is 0 Å². The highest BCUT2D eigenvalue weighted by Crippen LogP contribution is 2.60. The van der Waals surface area contributed by atoms with Gasteiger partial charge in [0.25, 0.3) is 0 Å². The molecule has 2 atom stereocenters. The summed E-state index contributed by atoms with van der Waals surface area (Å²) in [6.45, 7) is 12.2. The molecule has 3 aromatic rings. The van der Waals surface area contributed by atoms with Crippen LogP contribution in [0.15, 0.2) is 78.9 Å². The predicted molar refractivity (Wildman–Crippen MR) is 139 cm³/mol. The molecule has 170 valence electrons. The van der Waals surface area contributed by atoms with E-state index in [4.69, 9.17) is 4.98 Å². The molecule has 0 saturated heterocycles. The maximum absolute atomic E-state index is 14.3. The highest BCUT2D eigenvalue weighted by atomic mass is 31.2. The third-order valence-corrected chi connectivity index (χ3v) is 14.3. The fraction of sp³-hybridized carbons (Fsp3) is 0.370. The molecule has 0 aliphatic rings. The van der Waals surface area contributed by atoms with Crippen LogP contribution >= 0.6 is 14.3 Å². The van der Waals surface area contributed by atoms with Gasteiger partial charge >= 0.3 is 0 Å². The number of rotatable bonds is 6. The Kier molecular flexibility index (Phi) is 7.04. The van der Waals surface area contributed by atoms with Crippen molar-refractivity contribution in [1.82, 2.24) is 4.98 Å². The third-order valence-electron chi connectivity index (χ3n) is 6.15. The van der Waals surface area contributed by atoms with Crippen LogP contribution in [-0.4, -0.2) is 15.3 Å². The number of hydrogen-bond acceptors (Lipinski definition) is 3. The first-order chi connectivity index (χ1) is 14.9. The maximum Gasteiger partial charge on any atom is 0.126 e. The molecule has 2 aromatic carbocycles. The van der Waals surface area contributed by atoms with E-state index in [0.717, 1.165) is 22.0 Å². The van der Waals surface area contributed by atoms with Crippen LogP contribution in [0, 0.1) is 0 Å². The van der Waals surface area contributed by atoms with Gasteiger partial charge in [-0.1, -0.05) is 108 Å². The van der Waals surface area contributed by atoms with Gasteiger partial charge in [-0.05, 0) is 12.1 Å². The minimum absolute atomic E-state index is 0.388. The topological polar surface area (TPSA) is 47.0 Å². The Bertz CT molecular complexity index is 1050. The molecule has 0 bridgehead atoms. The van der Waals surface area contributed by atoms with E-state index in [1.807, 2.05) is 120 Å². The molecule has 1 aromatic heterocycles. The van der Waals surface area contributed by atoms with Crippen LogP contribution < -0.4 is 10.6 Å². The number of pyridine rings is 1. The third kappa shape index (κ3) is 5.00. The average molecular weight is 468 g/mol. The van der Waals surface area contributed by atoms with Crippen molar-refractivity contribution in [3.05, 3.63) is 90.3 Å². The zero-order chi connectivity index (χ0) is 23.6. The van der Waals surface area contributed by atoms with Crippen LogP contribution in [0.4, 0.5) is 0 Å². The van der Waals surface area contributed by atoms with Crippen molar-refractivity contribution in [2.75, 3.05) is 0 Å². The number of hydrogen-bond donors (Lipinski definition) is 0. The van der Waals surface area contributed by atoms with Crippen molar-refractivity contribution in [1.29, 1.82) is 0 Å². The van der Waals surface area contributed by atoms with Gasteiger partial charge in [-0.2, -0.15) is 0 Å². The summed E-state index contributed by atoms with van der Waals surface area (Å²) in [5.74, 6) is 0. The Hall–Kier alpha value is -1.95. The summed E-state index contributed by atoms with van der Waals surface area (Å²) in [6.07, 6.45) is 0.777. The smallest absolute Gasteiger partial charge is 0.126 e. The Morgan fingerprint density at radius 1 is 0.562 bits per heavy atom. The van der Waals surface area contributed by atoms with Gasteiger partial charge in [0, 0.05) is 44.6 Å². The van der Waals surface area contributed by atoms with Crippen LogP contribution in [0.25, 0.3) is 0 Å². The second-order valence-corrected chi connectivity index (χ2v) is 17.7. The largest absolute Gasteiger partial charge is 0.318 e. The normalized spacial score (nSPS) is 16.2. The van der Waals surface area contributed by atoms with Crippen LogP contribution in [0.2, 0.25) is 0 Å². The number of aromatic nitrogens is 1. The average Bonchev–Trinajstić information content (AvgIpc) is 2.73. The van der Waals surface area contributed by atoms with Crippen molar-refractivity contribution in [2.45, 2.75) is 64.2 Å². The molecule has 32 heavy (non-hydrogen) atoms. The highest BCUT2D eigenvalue weighted by Gasteiger charge is 2.40. The molecule has 0 N–H and O–H groups in total. The second-order valence-electron chi connectivity index (χ2n) is 10.4. The Labute approximate surface area is 193 Å². The lowest BCUT2D eigenvalue weighted by Gasteiger charge is -2.32. The van der Waals surface area contributed by atoms with Crippen LogP contribution in [-0.2, 0) is 21.5 Å². The minimum atomic E-state index is -2.77. The van der Waals surface area contributed by atoms with Gasteiger partial charge in [-0.15, -0.1) is 0 Å². The van der Waals surface area contributed by atoms with Gasteiger partial charge in [0.15, 0.2) is 0 Å². The molecule has 3 nitrogen and oxygen atoms in total. The Balaban J connectivity index is 1.99. The van der Waals surface area contributed by atoms with Crippen molar-refractivity contribution < 1.29 is 9.13 Å². The van der Waals surface area contributed by atoms with Crippen molar-refractivity contribution >= 4 is 24.9 Å². The van der Waals surface area contributed by atoms with Crippen LogP contribution in [0.5, 0.6) is 0 Å². The summed E-state index contributed by atoms with van der Waals surface area (Å²) in [7, 11) is -5.54. The Morgan fingerprint density at radius 3 is 1.22 bits per heavy atom. The fourth-order valence-corrected chi connectivity index (χ4v) is 9.37. The van der Waals surface area contributed by atoms with E-state index in [9.17, 15) is 9.13 Å². The Morgan fingerprint density at radius 2 is 0.906 bits per heavy atom. The van der Waals surface area contributed by atoms with Gasteiger partial charge in [-0.3, -0.25) is 4.98 Å². The van der Waals surface area contributed by atoms with Gasteiger partial charge in [0.2, 0.25) is 0 Å². The summed E-state index contributed by atoms with van der Waals surface area (Å²) in [5, 5.41) is 0.974. The summed E-state index contributed by atoms with van der Waals surface area (Å²) in [5.41, 5.74) is 1.58. The number of benzene rings is 2. The first-order valence-electron chi connectivity index (χ1n) is 11.1. The second kappa shape index (κ2) is 9.12. The minimum Gasteiger partial charge on any atom is -0.318 e. The van der Waals surface area contributed by atoms with Gasteiger partial charge in [-0.25, -0.2) is 0 Å². The standard InChI is InChI=1S/C27H35NO2P2/c1-26(2,3)31(29,24-16-9-7-10-17-24)20-22-14-13-15-23(28-22)21-32(30,27(4,5)6)25-18-11-8-12-19-25/h7-19H,20-21H2,1-6H3. The molecule has 3 rings (SSSR count). The summed E-state index contributed by atoms with van der Waals surface area (Å²) < 4.78 is 28.6. The van der Waals surface area contributed by atoms with Crippen molar-refractivity contribution in [2.24, 2.45) is 0 Å². The predicted octanol–water partition coefficient (Wildman–Crippen LogP) is 7.06. The van der Waals surface area contributed by atoms with Gasteiger partial charge < -0.3 is 9.13 Å². The zero-order valence-corrected chi connectivity index (χ0v) is 21.9. The van der Waals surface area contributed by atoms with E-state index < -0.39 is 24.6 Å². The molecular weight excluding hydrogens is 432 g/mol. The van der Waals surface area contributed by atoms with E-state index in [2.05, 4.69) is 0 Å². The van der Waals surface area contributed by atoms with Crippen LogP contribution in [0.3, 0.4) is 0 Å². The lowest BCUT2D eigenvalue weighted by molar-refractivity contribution is 0.554. The molecule has 5 heteroatoms. The summed E-state index contributed by atoms with van der Waals surface area (Å²) in [4.78, 5) is 4.88. The van der Waals surface area contributed by atoms with E-state index in [1.54, 1.807) is 0 Å². The van der Waals surface area contributed by atoms with Gasteiger partial charge in [0.05, 0.1) is 0 Å². The molecule has 0 spiro atoms. The lowest BCUT2D eigenvalue weighted by Crippen LogP contribution is -2.25. The SMILES string of the molecule is CC(C)(C)P(=O)(Cc1cccc(CP(=O)(c2ccccc2)C(C)(C)C)n1)c1ccccc1. The number of nitrogens with zero attached hydrogens (tertiary/aromatic N) is 1. The van der Waals surface area contributed by atoms with Crippen molar-refractivity contribution in [3.8, 4) is 0 Å². The fourth-order valence-electron chi connectivity index (χ4n) is 3.93. The highest BCUT2D eigenvalue weighted by molar-refractivity contribution is 7.72. The monoisotopic (exact) mass is 467 g/mol. The van der Waals surface area contributed by atoms with E-state index >= 15 is 0 Å². The summed E-state index contributed by atoms with van der Waals surface area (Å²) >= 11 is 0. The zero-order valence-electron chi connectivity index (χ0n) is 20.1. The molecular formula is C27H35NO2P2. The molecule has 2 unspecified atom stereocenters. The molecule has 0 amide bonds. The molecule has 0 aliphatic heterocycles. The molecule has 0 saturated carbocycles. The summed E-state index contributed by atoms with van der Waals surface area (Å²) in [6, 6.07) is 25.3. The van der Waals surface area contributed by atoms with Crippen molar-refractivity contribution in [3.63, 3.8) is 0 Å². The molecule has 1 heterocycles. The first-order valence-corrected chi connectivity index (χ1v) is 14.9. The maximum atomic E-state index is 14.3. The lowest BCUT2D eigenvalue weighted by atomic mass is 10.2.